The molecule has 0 bridgehead atoms. The molecule has 14 heavy (non-hydrogen) atoms. The van der Waals surface area contributed by atoms with Crippen LogP contribution in [-0.4, -0.2) is 20.6 Å². The highest BCUT2D eigenvalue weighted by atomic mass is 16.4. The number of carboxylic acids is 1. The first-order valence-electron chi connectivity index (χ1n) is 4.94. The van der Waals surface area contributed by atoms with Gasteiger partial charge in [0.25, 0.3) is 0 Å². The predicted molar refractivity (Wildman–Crippen MR) is 51.2 cm³/mol. The second-order valence-electron chi connectivity index (χ2n) is 3.89. The van der Waals surface area contributed by atoms with Crippen LogP contribution in [0.15, 0.2) is 12.5 Å². The molecule has 1 heterocycles. The molecule has 1 aliphatic carbocycles. The van der Waals surface area contributed by atoms with Gasteiger partial charge in [-0.3, -0.25) is 4.79 Å². The molecule has 1 fully saturated rings. The van der Waals surface area contributed by atoms with Crippen molar-refractivity contribution in [3.63, 3.8) is 0 Å². The van der Waals surface area contributed by atoms with Crippen LogP contribution in [0.3, 0.4) is 0 Å². The molecule has 1 aliphatic rings. The third-order valence-corrected chi connectivity index (χ3v) is 2.93. The first-order valence-corrected chi connectivity index (χ1v) is 4.94. The van der Waals surface area contributed by atoms with Gasteiger partial charge in [0, 0.05) is 12.2 Å². The van der Waals surface area contributed by atoms with E-state index < -0.39 is 11.9 Å². The Morgan fingerprint density at radius 3 is 2.93 bits per heavy atom. The van der Waals surface area contributed by atoms with E-state index in [1.807, 2.05) is 10.8 Å². The number of hydrogen-bond donors (Lipinski definition) is 1. The Kier molecular flexibility index (Phi) is 2.27. The van der Waals surface area contributed by atoms with E-state index in [-0.39, 0.29) is 0 Å². The normalized spacial score (nSPS) is 18.9. The van der Waals surface area contributed by atoms with Crippen molar-refractivity contribution in [3.05, 3.63) is 18.2 Å². The number of aliphatic carboxylic acids is 1. The number of carbonyl (C=O) groups is 1. The highest BCUT2D eigenvalue weighted by Gasteiger charge is 2.22. The number of nitrogens with zero attached hydrogens (tertiary/aromatic N) is 2. The molecule has 0 aromatic carbocycles. The molecular formula is C10H14N2O2. The van der Waals surface area contributed by atoms with Crippen molar-refractivity contribution < 1.29 is 9.90 Å². The summed E-state index contributed by atoms with van der Waals surface area (Å²) in [5.41, 5.74) is 0.657. The van der Waals surface area contributed by atoms with Crippen LogP contribution >= 0.6 is 0 Å². The van der Waals surface area contributed by atoms with Crippen LogP contribution in [0.5, 0.6) is 0 Å². The van der Waals surface area contributed by atoms with E-state index in [0.29, 0.717) is 11.7 Å². The van der Waals surface area contributed by atoms with Gasteiger partial charge in [-0.15, -0.1) is 0 Å². The zero-order valence-electron chi connectivity index (χ0n) is 8.18. The third-order valence-electron chi connectivity index (χ3n) is 2.93. The second-order valence-corrected chi connectivity index (χ2v) is 3.89. The summed E-state index contributed by atoms with van der Waals surface area (Å²) in [5.74, 6) is -1.32. The fourth-order valence-electron chi connectivity index (χ4n) is 1.59. The molecule has 1 aromatic rings. The van der Waals surface area contributed by atoms with E-state index in [1.165, 1.54) is 19.3 Å². The van der Waals surface area contributed by atoms with E-state index in [4.69, 9.17) is 5.11 Å². The Hall–Kier alpha value is -1.32. The van der Waals surface area contributed by atoms with Gasteiger partial charge in [-0.2, -0.15) is 0 Å². The highest BCUT2D eigenvalue weighted by molar-refractivity contribution is 5.74. The van der Waals surface area contributed by atoms with E-state index in [0.717, 1.165) is 0 Å². The van der Waals surface area contributed by atoms with Crippen LogP contribution in [0.25, 0.3) is 0 Å². The molecule has 1 saturated carbocycles. The smallest absolute Gasteiger partial charge is 0.312 e. The van der Waals surface area contributed by atoms with E-state index >= 15 is 0 Å². The quantitative estimate of drug-likeness (QED) is 0.798. The zero-order valence-corrected chi connectivity index (χ0v) is 8.18. The fourth-order valence-corrected chi connectivity index (χ4v) is 1.59. The summed E-state index contributed by atoms with van der Waals surface area (Å²) in [6.07, 6.45) is 7.27. The van der Waals surface area contributed by atoms with E-state index in [2.05, 4.69) is 4.98 Å². The zero-order chi connectivity index (χ0) is 10.1. The summed E-state index contributed by atoms with van der Waals surface area (Å²) in [6, 6.07) is 0.553. The number of carboxylic acid groups (broad SMARTS) is 1. The molecule has 0 radical (unpaired) electrons. The highest BCUT2D eigenvalue weighted by Crippen LogP contribution is 2.31. The van der Waals surface area contributed by atoms with Crippen LogP contribution in [-0.2, 0) is 4.79 Å². The van der Waals surface area contributed by atoms with Gasteiger partial charge >= 0.3 is 5.97 Å². The fraction of sp³-hybridized carbons (Fsp3) is 0.600. The third kappa shape index (κ3) is 1.52. The van der Waals surface area contributed by atoms with Crippen molar-refractivity contribution in [2.45, 2.75) is 38.1 Å². The van der Waals surface area contributed by atoms with E-state index in [1.54, 1.807) is 13.3 Å². The van der Waals surface area contributed by atoms with Crippen LogP contribution in [0, 0.1) is 0 Å². The largest absolute Gasteiger partial charge is 0.481 e. The summed E-state index contributed by atoms with van der Waals surface area (Å²) in [4.78, 5) is 14.8. The lowest BCUT2D eigenvalue weighted by Crippen LogP contribution is -2.15. The van der Waals surface area contributed by atoms with Gasteiger partial charge in [-0.05, 0) is 26.2 Å². The van der Waals surface area contributed by atoms with Crippen LogP contribution < -0.4 is 0 Å². The van der Waals surface area contributed by atoms with Crippen molar-refractivity contribution in [1.29, 1.82) is 0 Å². The summed E-state index contributed by atoms with van der Waals surface area (Å²) < 4.78 is 2.04. The van der Waals surface area contributed by atoms with Crippen molar-refractivity contribution in [2.75, 3.05) is 0 Å². The lowest BCUT2D eigenvalue weighted by molar-refractivity contribution is -0.138. The van der Waals surface area contributed by atoms with Gasteiger partial charge in [-0.1, -0.05) is 0 Å². The van der Waals surface area contributed by atoms with Gasteiger partial charge in [-0.25, -0.2) is 4.98 Å². The molecule has 0 spiro atoms. The maximum absolute atomic E-state index is 10.7. The molecular weight excluding hydrogens is 180 g/mol. The standard InChI is InChI=1S/C10H14N2O2/c1-7(10(13)14)9-5-12(6-11-9)8-3-2-4-8/h5-8H,2-4H2,1H3,(H,13,14). The van der Waals surface area contributed by atoms with Crippen molar-refractivity contribution in [3.8, 4) is 0 Å². The average molecular weight is 194 g/mol. The number of hydrogen-bond acceptors (Lipinski definition) is 2. The van der Waals surface area contributed by atoms with Gasteiger partial charge in [0.1, 0.15) is 0 Å². The van der Waals surface area contributed by atoms with Gasteiger partial charge in [0.2, 0.25) is 0 Å². The number of imidazole rings is 1. The maximum Gasteiger partial charge on any atom is 0.312 e. The van der Waals surface area contributed by atoms with Gasteiger partial charge in [0.05, 0.1) is 17.9 Å². The Labute approximate surface area is 82.6 Å². The summed E-state index contributed by atoms with van der Waals surface area (Å²) in [5, 5.41) is 8.81. The molecule has 76 valence electrons. The summed E-state index contributed by atoms with van der Waals surface area (Å²) in [7, 11) is 0. The Balaban J connectivity index is 2.12. The minimum Gasteiger partial charge on any atom is -0.481 e. The topological polar surface area (TPSA) is 55.1 Å². The van der Waals surface area contributed by atoms with Crippen molar-refractivity contribution in [1.82, 2.24) is 9.55 Å². The molecule has 4 heteroatoms. The number of aromatic nitrogens is 2. The molecule has 4 nitrogen and oxygen atoms in total. The minimum absolute atomic E-state index is 0.503. The SMILES string of the molecule is CC(C(=O)O)c1cn(C2CCC2)cn1. The molecule has 2 rings (SSSR count). The van der Waals surface area contributed by atoms with Crippen LogP contribution in [0.4, 0.5) is 0 Å². The first-order chi connectivity index (χ1) is 6.68. The lowest BCUT2D eigenvalue weighted by atomic mass is 9.93. The molecule has 1 aromatic heterocycles. The van der Waals surface area contributed by atoms with Crippen LogP contribution in [0.1, 0.15) is 43.8 Å². The van der Waals surface area contributed by atoms with Gasteiger partial charge in [0.15, 0.2) is 0 Å². The van der Waals surface area contributed by atoms with E-state index in [9.17, 15) is 4.79 Å². The summed E-state index contributed by atoms with van der Waals surface area (Å²) >= 11 is 0. The average Bonchev–Trinajstić information content (AvgIpc) is 2.48. The Bertz CT molecular complexity index is 342. The minimum atomic E-state index is -0.816. The number of rotatable bonds is 3. The Morgan fingerprint density at radius 2 is 2.43 bits per heavy atom. The van der Waals surface area contributed by atoms with Crippen molar-refractivity contribution in [2.24, 2.45) is 0 Å². The Morgan fingerprint density at radius 1 is 1.71 bits per heavy atom. The lowest BCUT2D eigenvalue weighted by Gasteiger charge is -2.26. The van der Waals surface area contributed by atoms with Crippen LogP contribution in [0.2, 0.25) is 0 Å². The van der Waals surface area contributed by atoms with Gasteiger partial charge < -0.3 is 9.67 Å². The predicted octanol–water partition coefficient (Wildman–Crippen LogP) is 1.80. The molecule has 1 atom stereocenters. The molecule has 1 unspecified atom stereocenters. The monoisotopic (exact) mass is 194 g/mol. The first kappa shape index (κ1) is 9.24. The molecule has 0 aliphatic heterocycles. The van der Waals surface area contributed by atoms with Crippen molar-refractivity contribution >= 4 is 5.97 Å². The second kappa shape index (κ2) is 3.44. The molecule has 0 saturated heterocycles. The summed E-state index contributed by atoms with van der Waals surface area (Å²) in [6.45, 7) is 1.66. The maximum atomic E-state index is 10.7. The molecule has 0 amide bonds. The molecule has 1 N–H and O–H groups in total.